The maximum atomic E-state index is 13.3. The lowest BCUT2D eigenvalue weighted by atomic mass is 10.0. The van der Waals surface area contributed by atoms with E-state index in [1.165, 1.54) is 23.0 Å². The van der Waals surface area contributed by atoms with Crippen molar-refractivity contribution in [1.82, 2.24) is 29.4 Å². The highest BCUT2D eigenvalue weighted by Gasteiger charge is 2.19. The number of hydrogen-bond acceptors (Lipinski definition) is 5. The van der Waals surface area contributed by atoms with E-state index in [9.17, 15) is 9.18 Å². The number of hydrogen-bond donors (Lipinski definition) is 0. The summed E-state index contributed by atoms with van der Waals surface area (Å²) >= 11 is 0. The number of nitrogens with zero attached hydrogens (tertiary/aromatic N) is 6. The minimum absolute atomic E-state index is 0.184. The average Bonchev–Trinajstić information content (AvgIpc) is 3.04. The summed E-state index contributed by atoms with van der Waals surface area (Å²) in [7, 11) is 0. The van der Waals surface area contributed by atoms with Gasteiger partial charge in [0.1, 0.15) is 12.1 Å². The summed E-state index contributed by atoms with van der Waals surface area (Å²) in [5.41, 5.74) is 3.19. The third kappa shape index (κ3) is 2.45. The molecular weight excluding hydrogens is 335 g/mol. The smallest absolute Gasteiger partial charge is 0.283 e. The highest BCUT2D eigenvalue weighted by Crippen LogP contribution is 2.28. The molecule has 0 unspecified atom stereocenters. The molecule has 4 rings (SSSR count). The molecule has 0 aliphatic carbocycles. The second-order valence-corrected chi connectivity index (χ2v) is 6.03. The van der Waals surface area contributed by atoms with Crippen LogP contribution in [0.3, 0.4) is 0 Å². The summed E-state index contributed by atoms with van der Waals surface area (Å²) in [6.45, 7) is 4.54. The minimum Gasteiger partial charge on any atom is -0.297 e. The molecule has 8 heteroatoms. The Balaban J connectivity index is 2.03. The first-order valence-electron chi connectivity index (χ1n) is 8.53. The van der Waals surface area contributed by atoms with Crippen molar-refractivity contribution in [3.05, 3.63) is 52.5 Å². The van der Waals surface area contributed by atoms with Crippen molar-refractivity contribution in [2.24, 2.45) is 0 Å². The zero-order chi connectivity index (χ0) is 18.3. The van der Waals surface area contributed by atoms with Crippen LogP contribution in [0.25, 0.3) is 27.9 Å². The molecule has 1 aromatic carbocycles. The first-order chi connectivity index (χ1) is 12.6. The standard InChI is InChI=1S/C18H17FN6O/c1-3-9-24-10-20-17-15(18(24)26)21-22-16-14(13(4-2)23-25(16)17)11-5-7-12(19)8-6-11/h5-8,10H,3-4,9H2,1-2H3. The molecule has 0 fully saturated rings. The zero-order valence-corrected chi connectivity index (χ0v) is 14.5. The van der Waals surface area contributed by atoms with Gasteiger partial charge in [-0.25, -0.2) is 9.37 Å². The van der Waals surface area contributed by atoms with Crippen LogP contribution in [0.4, 0.5) is 4.39 Å². The van der Waals surface area contributed by atoms with Gasteiger partial charge >= 0.3 is 0 Å². The molecule has 0 saturated heterocycles. The van der Waals surface area contributed by atoms with E-state index in [-0.39, 0.29) is 16.9 Å². The number of aryl methyl sites for hydroxylation is 2. The van der Waals surface area contributed by atoms with Gasteiger partial charge in [-0.1, -0.05) is 26.0 Å². The number of fused-ring (bicyclic) bond motifs is 3. The Bertz CT molecular complexity index is 1160. The van der Waals surface area contributed by atoms with E-state index in [2.05, 4.69) is 20.3 Å². The Morgan fingerprint density at radius 2 is 1.85 bits per heavy atom. The molecule has 132 valence electrons. The molecule has 0 bridgehead atoms. The fourth-order valence-corrected chi connectivity index (χ4v) is 3.06. The van der Waals surface area contributed by atoms with Gasteiger partial charge in [0.05, 0.1) is 11.3 Å². The SMILES string of the molecule is CCCn1cnc2c(nnc3c(-c4ccc(F)cc4)c(CC)nn32)c1=O. The van der Waals surface area contributed by atoms with Crippen LogP contribution < -0.4 is 5.56 Å². The zero-order valence-electron chi connectivity index (χ0n) is 14.5. The number of rotatable bonds is 4. The Kier molecular flexibility index (Phi) is 3.95. The van der Waals surface area contributed by atoms with Crippen molar-refractivity contribution in [3.63, 3.8) is 0 Å². The quantitative estimate of drug-likeness (QED) is 0.564. The Hall–Kier alpha value is -3.16. The summed E-state index contributed by atoms with van der Waals surface area (Å²) in [5.74, 6) is -0.307. The molecule has 0 atom stereocenters. The van der Waals surface area contributed by atoms with Gasteiger partial charge < -0.3 is 0 Å². The first kappa shape index (κ1) is 16.3. The van der Waals surface area contributed by atoms with Gasteiger partial charge in [-0.15, -0.1) is 10.2 Å². The molecule has 4 aromatic rings. The lowest BCUT2D eigenvalue weighted by Crippen LogP contribution is -2.22. The van der Waals surface area contributed by atoms with E-state index >= 15 is 0 Å². The van der Waals surface area contributed by atoms with Crippen molar-refractivity contribution in [3.8, 4) is 11.1 Å². The lowest BCUT2D eigenvalue weighted by molar-refractivity contribution is 0.628. The summed E-state index contributed by atoms with van der Waals surface area (Å²) in [4.78, 5) is 17.0. The van der Waals surface area contributed by atoms with E-state index in [0.717, 1.165) is 23.2 Å². The van der Waals surface area contributed by atoms with Crippen molar-refractivity contribution >= 4 is 16.8 Å². The predicted molar refractivity (Wildman–Crippen MR) is 95.4 cm³/mol. The number of halogens is 1. The maximum absolute atomic E-state index is 13.3. The van der Waals surface area contributed by atoms with Crippen LogP contribution >= 0.6 is 0 Å². The van der Waals surface area contributed by atoms with E-state index < -0.39 is 0 Å². The largest absolute Gasteiger partial charge is 0.297 e. The van der Waals surface area contributed by atoms with Crippen molar-refractivity contribution in [2.45, 2.75) is 33.2 Å². The minimum atomic E-state index is -0.307. The Morgan fingerprint density at radius 3 is 2.54 bits per heavy atom. The van der Waals surface area contributed by atoms with E-state index in [1.807, 2.05) is 13.8 Å². The molecule has 0 spiro atoms. The van der Waals surface area contributed by atoms with Crippen LogP contribution in [0.2, 0.25) is 0 Å². The first-order valence-corrected chi connectivity index (χ1v) is 8.53. The van der Waals surface area contributed by atoms with Gasteiger partial charge in [-0.3, -0.25) is 9.36 Å². The summed E-state index contributed by atoms with van der Waals surface area (Å²) in [6, 6.07) is 6.16. The van der Waals surface area contributed by atoms with Gasteiger partial charge in [-0.2, -0.15) is 9.61 Å². The van der Waals surface area contributed by atoms with Crippen LogP contribution in [0.1, 0.15) is 26.0 Å². The Labute approximate surface area is 148 Å². The van der Waals surface area contributed by atoms with Gasteiger partial charge in [-0.05, 0) is 30.5 Å². The van der Waals surface area contributed by atoms with Crippen molar-refractivity contribution in [1.29, 1.82) is 0 Å². The van der Waals surface area contributed by atoms with Crippen LogP contribution in [-0.4, -0.2) is 29.4 Å². The lowest BCUT2D eigenvalue weighted by Gasteiger charge is -2.05. The highest BCUT2D eigenvalue weighted by atomic mass is 19.1. The molecule has 0 N–H and O–H groups in total. The van der Waals surface area contributed by atoms with Crippen LogP contribution in [0.5, 0.6) is 0 Å². The average molecular weight is 352 g/mol. The monoisotopic (exact) mass is 352 g/mol. The second-order valence-electron chi connectivity index (χ2n) is 6.03. The van der Waals surface area contributed by atoms with E-state index in [0.29, 0.717) is 24.3 Å². The van der Waals surface area contributed by atoms with E-state index in [1.54, 1.807) is 16.6 Å². The Morgan fingerprint density at radius 1 is 1.08 bits per heavy atom. The molecule has 0 saturated carbocycles. The summed E-state index contributed by atoms with van der Waals surface area (Å²) in [5, 5.41) is 12.9. The highest BCUT2D eigenvalue weighted by molar-refractivity contribution is 5.83. The van der Waals surface area contributed by atoms with Crippen LogP contribution in [-0.2, 0) is 13.0 Å². The fraction of sp³-hybridized carbons (Fsp3) is 0.278. The molecule has 3 heterocycles. The number of aromatic nitrogens is 6. The van der Waals surface area contributed by atoms with Crippen molar-refractivity contribution in [2.75, 3.05) is 0 Å². The fourth-order valence-electron chi connectivity index (χ4n) is 3.06. The molecular formula is C18H17FN6O. The van der Waals surface area contributed by atoms with Gasteiger partial charge in [0, 0.05) is 6.54 Å². The van der Waals surface area contributed by atoms with Gasteiger partial charge in [0.15, 0.2) is 16.8 Å². The van der Waals surface area contributed by atoms with Crippen LogP contribution in [0, 0.1) is 5.82 Å². The van der Waals surface area contributed by atoms with Gasteiger partial charge in [0.2, 0.25) is 0 Å². The number of benzene rings is 1. The molecule has 0 amide bonds. The molecule has 0 aliphatic heterocycles. The third-order valence-corrected chi connectivity index (χ3v) is 4.31. The molecule has 0 aliphatic rings. The molecule has 26 heavy (non-hydrogen) atoms. The molecule has 3 aromatic heterocycles. The summed E-state index contributed by atoms with van der Waals surface area (Å²) < 4.78 is 16.4. The van der Waals surface area contributed by atoms with E-state index in [4.69, 9.17) is 0 Å². The van der Waals surface area contributed by atoms with Gasteiger partial charge in [0.25, 0.3) is 5.56 Å². The van der Waals surface area contributed by atoms with Crippen LogP contribution in [0.15, 0.2) is 35.4 Å². The topological polar surface area (TPSA) is 78.0 Å². The predicted octanol–water partition coefficient (Wildman–Crippen LogP) is 2.61. The summed E-state index contributed by atoms with van der Waals surface area (Å²) in [6.07, 6.45) is 2.99. The van der Waals surface area contributed by atoms with Crippen molar-refractivity contribution < 1.29 is 4.39 Å². The normalized spacial score (nSPS) is 11.5. The maximum Gasteiger partial charge on any atom is 0.283 e. The molecule has 0 radical (unpaired) electrons. The molecule has 7 nitrogen and oxygen atoms in total. The second kappa shape index (κ2) is 6.29. The third-order valence-electron chi connectivity index (χ3n) is 4.31.